The molecule has 0 aromatic rings. The second kappa shape index (κ2) is 36.4. The van der Waals surface area contributed by atoms with Crippen molar-refractivity contribution in [3.63, 3.8) is 0 Å². The van der Waals surface area contributed by atoms with Gasteiger partial charge in [0, 0.05) is 12.8 Å². The lowest BCUT2D eigenvalue weighted by Crippen LogP contribution is -2.29. The van der Waals surface area contributed by atoms with Gasteiger partial charge in [-0.1, -0.05) is 145 Å². The summed E-state index contributed by atoms with van der Waals surface area (Å²) in [5.74, 6) is -0.500. The fourth-order valence-corrected chi connectivity index (χ4v) is 6.15. The molecule has 0 fully saturated rings. The number of phosphoric ester groups is 2. The molecule has 0 heterocycles. The van der Waals surface area contributed by atoms with Crippen LogP contribution in [0.2, 0.25) is 0 Å². The molecule has 0 aromatic heterocycles. The lowest BCUT2D eigenvalue weighted by atomic mass is 10.0. The molecule has 5 N–H and O–H groups in total. The number of hydrogen-bond acceptors (Lipinski definition) is 11. The smallest absolute Gasteiger partial charge is 0.462 e. The number of carbonyl (C=O) groups is 2. The Morgan fingerprint density at radius 2 is 1.19 bits per heavy atom. The first-order valence-electron chi connectivity index (χ1n) is 20.6. The SMILES string of the molecule is CC/C=C\C/C=C\C/C=C\C/C=C\C=C/C(O)C/C=C\CCC(=O)OC[C@H](COP(=O)(O)OC[C@@H](O)COP(=O)(O)O)OC(=O)CCCCCCCCCCC(C)C. The average molecular weight is 863 g/mol. The minimum absolute atomic E-state index is 0.0141. The van der Waals surface area contributed by atoms with Crippen molar-refractivity contribution in [3.05, 3.63) is 72.9 Å². The number of allylic oxidation sites excluding steroid dienone is 10. The zero-order chi connectivity index (χ0) is 43.3. The third kappa shape index (κ3) is 40.3. The molecule has 16 heteroatoms. The molecule has 0 aliphatic rings. The largest absolute Gasteiger partial charge is 0.472 e. The number of unbranched alkanes of at least 4 members (excludes halogenated alkanes) is 7. The zero-order valence-corrected chi connectivity index (χ0v) is 36.7. The summed E-state index contributed by atoms with van der Waals surface area (Å²) in [7, 11) is -9.73. The standard InChI is InChI=1S/C42H72O14P2/c1-4-5-6-7-8-9-10-11-12-13-17-20-24-29-38(43)30-25-22-27-31-41(45)52-35-40(36-55-58(50,51)54-34-39(44)33-53-57(47,48)49)56-42(46)32-26-21-18-15-14-16-19-23-28-37(2)3/h5-6,8-9,11-12,17,20,22,24-25,29,37-40,43-44H,4,7,10,13-16,18-19,21,23,26-28,30-36H2,1-3H3,(H,50,51)(H2,47,48,49)/b6-5-,9-8-,12-11-,20-17-,25-22-,29-24-/t38?,39-,40+/m0/s1. The molecule has 0 spiro atoms. The van der Waals surface area contributed by atoms with Crippen molar-refractivity contribution in [1.82, 2.24) is 0 Å². The molecule has 0 bridgehead atoms. The highest BCUT2D eigenvalue weighted by Gasteiger charge is 2.28. The van der Waals surface area contributed by atoms with E-state index in [0.717, 1.165) is 57.3 Å². The highest BCUT2D eigenvalue weighted by Crippen LogP contribution is 2.43. The fourth-order valence-electron chi connectivity index (χ4n) is 4.99. The number of ether oxygens (including phenoxy) is 2. The highest BCUT2D eigenvalue weighted by molar-refractivity contribution is 7.47. The summed E-state index contributed by atoms with van der Waals surface area (Å²) in [6.07, 6.45) is 33.9. The molecule has 4 atom stereocenters. The van der Waals surface area contributed by atoms with Gasteiger partial charge in [0.1, 0.15) is 12.7 Å². The van der Waals surface area contributed by atoms with E-state index in [1.54, 1.807) is 24.3 Å². The van der Waals surface area contributed by atoms with Crippen LogP contribution in [0.15, 0.2) is 72.9 Å². The fraction of sp³-hybridized carbons (Fsp3) is 0.667. The van der Waals surface area contributed by atoms with Crippen LogP contribution >= 0.6 is 15.6 Å². The first-order valence-corrected chi connectivity index (χ1v) is 23.6. The van der Waals surface area contributed by atoms with Crippen molar-refractivity contribution in [2.24, 2.45) is 5.92 Å². The van der Waals surface area contributed by atoms with Gasteiger partial charge in [-0.05, 0) is 50.9 Å². The normalized spacial score (nSPS) is 15.5. The van der Waals surface area contributed by atoms with Crippen molar-refractivity contribution >= 4 is 27.6 Å². The molecule has 0 aromatic carbocycles. The predicted octanol–water partition coefficient (Wildman–Crippen LogP) is 9.05. The Labute approximate surface area is 347 Å². The van der Waals surface area contributed by atoms with Gasteiger partial charge in [0.25, 0.3) is 0 Å². The van der Waals surface area contributed by atoms with Gasteiger partial charge < -0.3 is 34.4 Å². The predicted molar refractivity (Wildman–Crippen MR) is 226 cm³/mol. The number of aliphatic hydroxyl groups excluding tert-OH is 2. The van der Waals surface area contributed by atoms with Crippen LogP contribution in [-0.4, -0.2) is 81.6 Å². The van der Waals surface area contributed by atoms with Crippen LogP contribution in [0.25, 0.3) is 0 Å². The van der Waals surface area contributed by atoms with Gasteiger partial charge in [-0.15, -0.1) is 0 Å². The first-order chi connectivity index (χ1) is 27.6. The molecule has 2 unspecified atom stereocenters. The molecule has 334 valence electrons. The number of esters is 2. The summed E-state index contributed by atoms with van der Waals surface area (Å²) in [6, 6.07) is 0. The molecule has 0 amide bonds. The summed E-state index contributed by atoms with van der Waals surface area (Å²) in [5, 5.41) is 19.9. The average Bonchev–Trinajstić information content (AvgIpc) is 3.16. The molecule has 0 rings (SSSR count). The van der Waals surface area contributed by atoms with E-state index in [9.17, 15) is 33.8 Å². The zero-order valence-electron chi connectivity index (χ0n) is 34.9. The molecule has 0 saturated heterocycles. The maximum atomic E-state index is 12.6. The van der Waals surface area contributed by atoms with Crippen LogP contribution in [0.3, 0.4) is 0 Å². The van der Waals surface area contributed by atoms with E-state index >= 15 is 0 Å². The van der Waals surface area contributed by atoms with E-state index in [0.29, 0.717) is 19.3 Å². The maximum Gasteiger partial charge on any atom is 0.472 e. The third-order valence-corrected chi connectivity index (χ3v) is 9.56. The van der Waals surface area contributed by atoms with Crippen LogP contribution in [0.4, 0.5) is 0 Å². The summed E-state index contributed by atoms with van der Waals surface area (Å²) in [6.45, 7) is 3.66. The number of rotatable bonds is 37. The van der Waals surface area contributed by atoms with Crippen molar-refractivity contribution < 1.29 is 66.7 Å². The summed E-state index contributed by atoms with van der Waals surface area (Å²) >= 11 is 0. The van der Waals surface area contributed by atoms with Crippen LogP contribution in [0.5, 0.6) is 0 Å². The monoisotopic (exact) mass is 862 g/mol. The summed E-state index contributed by atoms with van der Waals surface area (Å²) in [5.41, 5.74) is 0. The first kappa shape index (κ1) is 55.5. The van der Waals surface area contributed by atoms with Gasteiger partial charge in [-0.3, -0.25) is 23.2 Å². The van der Waals surface area contributed by atoms with E-state index in [2.05, 4.69) is 66.3 Å². The van der Waals surface area contributed by atoms with Crippen molar-refractivity contribution in [2.75, 3.05) is 26.4 Å². The van der Waals surface area contributed by atoms with E-state index < -0.39 is 72.3 Å². The van der Waals surface area contributed by atoms with Gasteiger partial charge in [-0.2, -0.15) is 0 Å². The molecular formula is C42H72O14P2. The molecule has 58 heavy (non-hydrogen) atoms. The Hall–Kier alpha value is -2.48. The van der Waals surface area contributed by atoms with E-state index in [1.165, 1.54) is 25.7 Å². The Morgan fingerprint density at radius 3 is 1.81 bits per heavy atom. The number of carbonyl (C=O) groups excluding carboxylic acids is 2. The Morgan fingerprint density at radius 1 is 0.621 bits per heavy atom. The molecule has 0 saturated carbocycles. The van der Waals surface area contributed by atoms with Gasteiger partial charge in [-0.25, -0.2) is 9.13 Å². The van der Waals surface area contributed by atoms with Crippen LogP contribution in [-0.2, 0) is 41.8 Å². The molecular weight excluding hydrogens is 790 g/mol. The van der Waals surface area contributed by atoms with Gasteiger partial charge in [0.15, 0.2) is 6.10 Å². The minimum Gasteiger partial charge on any atom is -0.462 e. The lowest BCUT2D eigenvalue weighted by Gasteiger charge is -2.20. The van der Waals surface area contributed by atoms with Gasteiger partial charge in [0.05, 0.1) is 25.9 Å². The van der Waals surface area contributed by atoms with Crippen molar-refractivity contribution in [1.29, 1.82) is 0 Å². The van der Waals surface area contributed by atoms with Gasteiger partial charge in [0.2, 0.25) is 0 Å². The molecule has 0 radical (unpaired) electrons. The molecule has 14 nitrogen and oxygen atoms in total. The molecule has 0 aliphatic heterocycles. The second-order valence-corrected chi connectivity index (χ2v) is 16.9. The summed E-state index contributed by atoms with van der Waals surface area (Å²) in [4.78, 5) is 52.5. The van der Waals surface area contributed by atoms with Crippen LogP contribution in [0.1, 0.15) is 130 Å². The minimum atomic E-state index is -4.88. The lowest BCUT2D eigenvalue weighted by molar-refractivity contribution is -0.161. The van der Waals surface area contributed by atoms with E-state index in [1.807, 2.05) is 12.2 Å². The number of phosphoric acid groups is 2. The van der Waals surface area contributed by atoms with Crippen LogP contribution in [0, 0.1) is 5.92 Å². The van der Waals surface area contributed by atoms with Crippen molar-refractivity contribution in [2.45, 2.75) is 148 Å². The Bertz CT molecular complexity index is 1330. The second-order valence-electron chi connectivity index (χ2n) is 14.2. The highest BCUT2D eigenvalue weighted by atomic mass is 31.2. The number of hydrogen-bond donors (Lipinski definition) is 5. The summed E-state index contributed by atoms with van der Waals surface area (Å²) < 4.78 is 47.5. The van der Waals surface area contributed by atoms with Crippen molar-refractivity contribution in [3.8, 4) is 0 Å². The Kier molecular flexibility index (Phi) is 34.8. The third-order valence-electron chi connectivity index (χ3n) is 8.12. The van der Waals surface area contributed by atoms with Crippen LogP contribution < -0.4 is 0 Å². The van der Waals surface area contributed by atoms with E-state index in [4.69, 9.17) is 23.8 Å². The van der Waals surface area contributed by atoms with Gasteiger partial charge >= 0.3 is 27.6 Å². The number of aliphatic hydroxyl groups is 2. The molecule has 0 aliphatic carbocycles. The quantitative estimate of drug-likeness (QED) is 0.0130. The topological polar surface area (TPSA) is 216 Å². The maximum absolute atomic E-state index is 12.6. The Balaban J connectivity index is 4.74. The van der Waals surface area contributed by atoms with E-state index in [-0.39, 0.29) is 12.8 Å².